The van der Waals surface area contributed by atoms with Gasteiger partial charge in [0.15, 0.2) is 0 Å². The fraction of sp³-hybridized carbons (Fsp3) is 0.231. The molecule has 0 aliphatic carbocycles. The number of nitrogens with one attached hydrogen (secondary N) is 1. The molecule has 3 N–H and O–H groups in total. The Kier molecular flexibility index (Phi) is 4.52. The first-order valence-corrected chi connectivity index (χ1v) is 8.38. The van der Waals surface area contributed by atoms with E-state index < -0.39 is 10.0 Å². The first-order chi connectivity index (χ1) is 9.40. The molecule has 0 atom stereocenters. The van der Waals surface area contributed by atoms with Gasteiger partial charge in [0, 0.05) is 16.6 Å². The highest BCUT2D eigenvalue weighted by Gasteiger charge is 2.10. The molecule has 2 aromatic rings. The summed E-state index contributed by atoms with van der Waals surface area (Å²) in [5, 5.41) is 8.24. The predicted octanol–water partition coefficient (Wildman–Crippen LogP) is 2.86. The molecule has 0 spiro atoms. The first-order valence-electron chi connectivity index (χ1n) is 6.04. The lowest BCUT2D eigenvalue weighted by Gasteiger charge is -2.08. The third-order valence-corrected chi connectivity index (χ3v) is 4.36. The lowest BCUT2D eigenvalue weighted by Crippen LogP contribution is -2.12. The molecular weight excluding hydrogens is 344 g/mol. The van der Waals surface area contributed by atoms with Crippen LogP contribution in [0, 0.1) is 0 Å². The zero-order chi connectivity index (χ0) is 14.8. The second kappa shape index (κ2) is 5.99. The van der Waals surface area contributed by atoms with Crippen molar-refractivity contribution in [3.8, 4) is 0 Å². The normalized spacial score (nSPS) is 11.6. The molecule has 7 heteroatoms. The minimum Gasteiger partial charge on any atom is -0.464 e. The summed E-state index contributed by atoms with van der Waals surface area (Å²) in [5.74, 6) is 1.76. The maximum Gasteiger partial charge on any atom is 0.238 e. The number of aryl methyl sites for hydroxylation is 1. The van der Waals surface area contributed by atoms with E-state index in [9.17, 15) is 8.42 Å². The fourth-order valence-corrected chi connectivity index (χ4v) is 2.92. The van der Waals surface area contributed by atoms with E-state index in [2.05, 4.69) is 21.2 Å². The van der Waals surface area contributed by atoms with Gasteiger partial charge in [0.2, 0.25) is 10.0 Å². The second-order valence-electron chi connectivity index (χ2n) is 4.26. The van der Waals surface area contributed by atoms with Crippen molar-refractivity contribution in [2.24, 2.45) is 5.14 Å². The maximum absolute atomic E-state index is 11.2. The number of furan rings is 1. The molecule has 1 aromatic heterocycles. The molecule has 0 aliphatic heterocycles. The Morgan fingerprint density at radius 1 is 1.25 bits per heavy atom. The highest BCUT2D eigenvalue weighted by atomic mass is 79.9. The predicted molar refractivity (Wildman–Crippen MR) is 80.9 cm³/mol. The van der Waals surface area contributed by atoms with Crippen molar-refractivity contribution in [2.75, 3.05) is 5.32 Å². The van der Waals surface area contributed by atoms with Crippen LogP contribution in [0.3, 0.4) is 0 Å². The number of halogens is 1. The molecule has 0 radical (unpaired) electrons. The summed E-state index contributed by atoms with van der Waals surface area (Å²) in [6, 6.07) is 8.45. The summed E-state index contributed by atoms with van der Waals surface area (Å²) in [5.41, 5.74) is 0.770. The average molecular weight is 359 g/mol. The van der Waals surface area contributed by atoms with Gasteiger partial charge >= 0.3 is 0 Å². The van der Waals surface area contributed by atoms with Crippen LogP contribution in [-0.4, -0.2) is 8.42 Å². The van der Waals surface area contributed by atoms with Crippen LogP contribution in [0.5, 0.6) is 0 Å². The molecule has 20 heavy (non-hydrogen) atoms. The maximum atomic E-state index is 11.2. The third-order valence-electron chi connectivity index (χ3n) is 2.79. The standard InChI is InChI=1S/C13H15BrN2O3S/c1-2-9-3-4-10(19-9)8-16-13-6-5-11(7-12(13)14)20(15,17)18/h3-7,16H,2,8H2,1H3,(H2,15,17,18). The number of benzene rings is 1. The SMILES string of the molecule is CCc1ccc(CNc2ccc(S(N)(=O)=O)cc2Br)o1. The molecular formula is C13H15BrN2O3S. The molecule has 2 rings (SSSR count). The number of nitrogens with two attached hydrogens (primary N) is 1. The van der Waals surface area contributed by atoms with Crippen LogP contribution in [0.4, 0.5) is 5.69 Å². The Labute approximate surface area is 126 Å². The van der Waals surface area contributed by atoms with Crippen LogP contribution in [-0.2, 0) is 23.0 Å². The quantitative estimate of drug-likeness (QED) is 0.860. The molecule has 0 bridgehead atoms. The van der Waals surface area contributed by atoms with Crippen molar-refractivity contribution in [1.29, 1.82) is 0 Å². The minimum atomic E-state index is -3.69. The van der Waals surface area contributed by atoms with Crippen molar-refractivity contribution in [1.82, 2.24) is 0 Å². The summed E-state index contributed by atoms with van der Waals surface area (Å²) in [6.07, 6.45) is 0.854. The second-order valence-corrected chi connectivity index (χ2v) is 6.68. The van der Waals surface area contributed by atoms with E-state index in [0.29, 0.717) is 11.0 Å². The number of hydrogen-bond acceptors (Lipinski definition) is 4. The number of rotatable bonds is 5. The van der Waals surface area contributed by atoms with Crippen LogP contribution in [0.15, 0.2) is 44.1 Å². The van der Waals surface area contributed by atoms with Gasteiger partial charge in [-0.15, -0.1) is 0 Å². The van der Waals surface area contributed by atoms with Gasteiger partial charge in [-0.1, -0.05) is 6.92 Å². The zero-order valence-electron chi connectivity index (χ0n) is 10.9. The summed E-state index contributed by atoms with van der Waals surface area (Å²) in [6.45, 7) is 2.55. The Bertz CT molecular complexity index is 710. The van der Waals surface area contributed by atoms with Gasteiger partial charge in [0.25, 0.3) is 0 Å². The molecule has 0 amide bonds. The lowest BCUT2D eigenvalue weighted by atomic mass is 10.3. The average Bonchev–Trinajstić information content (AvgIpc) is 2.84. The van der Waals surface area contributed by atoms with Crippen LogP contribution >= 0.6 is 15.9 Å². The van der Waals surface area contributed by atoms with E-state index in [4.69, 9.17) is 9.56 Å². The molecule has 1 aromatic carbocycles. The molecule has 0 fully saturated rings. The van der Waals surface area contributed by atoms with Gasteiger partial charge in [-0.25, -0.2) is 13.6 Å². The fourth-order valence-electron chi connectivity index (χ4n) is 1.71. The van der Waals surface area contributed by atoms with Gasteiger partial charge in [-0.2, -0.15) is 0 Å². The Balaban J connectivity index is 2.10. The summed E-state index contributed by atoms with van der Waals surface area (Å²) < 4.78 is 28.7. The van der Waals surface area contributed by atoms with Crippen molar-refractivity contribution in [3.63, 3.8) is 0 Å². The van der Waals surface area contributed by atoms with E-state index in [1.54, 1.807) is 6.07 Å². The smallest absolute Gasteiger partial charge is 0.238 e. The highest BCUT2D eigenvalue weighted by Crippen LogP contribution is 2.26. The Morgan fingerprint density at radius 3 is 2.50 bits per heavy atom. The Morgan fingerprint density at radius 2 is 1.95 bits per heavy atom. The molecule has 0 aliphatic rings. The third kappa shape index (κ3) is 3.62. The topological polar surface area (TPSA) is 85.3 Å². The summed E-state index contributed by atoms with van der Waals surface area (Å²) in [4.78, 5) is 0.0705. The zero-order valence-corrected chi connectivity index (χ0v) is 13.3. The van der Waals surface area contributed by atoms with Crippen LogP contribution in [0.2, 0.25) is 0 Å². The number of primary sulfonamides is 1. The molecule has 0 unspecified atom stereocenters. The van der Waals surface area contributed by atoms with Crippen molar-refractivity contribution in [3.05, 3.63) is 46.3 Å². The molecule has 1 heterocycles. The van der Waals surface area contributed by atoms with Gasteiger partial charge in [-0.3, -0.25) is 0 Å². The number of sulfonamides is 1. The first kappa shape index (κ1) is 15.1. The summed E-state index contributed by atoms with van der Waals surface area (Å²) >= 11 is 3.32. The molecule has 5 nitrogen and oxygen atoms in total. The minimum absolute atomic E-state index is 0.0705. The summed E-state index contributed by atoms with van der Waals surface area (Å²) in [7, 11) is -3.69. The van der Waals surface area contributed by atoms with Gasteiger partial charge in [0.05, 0.1) is 11.4 Å². The number of anilines is 1. The van der Waals surface area contributed by atoms with Crippen LogP contribution in [0.25, 0.3) is 0 Å². The van der Waals surface area contributed by atoms with Gasteiger partial charge < -0.3 is 9.73 Å². The largest absolute Gasteiger partial charge is 0.464 e. The lowest BCUT2D eigenvalue weighted by molar-refractivity contribution is 0.476. The molecule has 108 valence electrons. The van der Waals surface area contributed by atoms with E-state index >= 15 is 0 Å². The van der Waals surface area contributed by atoms with E-state index in [1.165, 1.54) is 12.1 Å². The highest BCUT2D eigenvalue weighted by molar-refractivity contribution is 9.10. The van der Waals surface area contributed by atoms with Gasteiger partial charge in [0.1, 0.15) is 11.5 Å². The van der Waals surface area contributed by atoms with Crippen LogP contribution < -0.4 is 10.5 Å². The van der Waals surface area contributed by atoms with E-state index in [0.717, 1.165) is 23.6 Å². The van der Waals surface area contributed by atoms with Crippen molar-refractivity contribution < 1.29 is 12.8 Å². The molecule has 0 saturated heterocycles. The van der Waals surface area contributed by atoms with E-state index in [1.807, 2.05) is 19.1 Å². The Hall–Kier alpha value is -1.31. The van der Waals surface area contributed by atoms with E-state index in [-0.39, 0.29) is 4.90 Å². The monoisotopic (exact) mass is 358 g/mol. The van der Waals surface area contributed by atoms with Gasteiger partial charge in [-0.05, 0) is 46.3 Å². The van der Waals surface area contributed by atoms with Crippen molar-refractivity contribution in [2.45, 2.75) is 24.8 Å². The van der Waals surface area contributed by atoms with Crippen molar-refractivity contribution >= 4 is 31.6 Å². The molecule has 0 saturated carbocycles. The van der Waals surface area contributed by atoms with Crippen LogP contribution in [0.1, 0.15) is 18.4 Å². The number of hydrogen-bond donors (Lipinski definition) is 2.